The highest BCUT2D eigenvalue weighted by atomic mass is 16.6. The Kier molecular flexibility index (Phi) is 10.0. The molecule has 0 aromatic carbocycles. The number of pyridine rings is 3. The number of ether oxygens (including phenoxy) is 4. The third kappa shape index (κ3) is 8.39. The lowest BCUT2D eigenvalue weighted by molar-refractivity contribution is -0.137. The molecule has 0 radical (unpaired) electrons. The number of nitrogens with zero attached hydrogens (tertiary/aromatic N) is 5. The molecule has 240 valence electrons. The fourth-order valence-electron chi connectivity index (χ4n) is 5.47. The topological polar surface area (TPSA) is 125 Å². The maximum atomic E-state index is 13.4. The minimum atomic E-state index is -0.634. The predicted molar refractivity (Wildman–Crippen MR) is 168 cm³/mol. The molecule has 1 fully saturated rings. The number of hydrogen-bond acceptors (Lipinski definition) is 10. The molecule has 1 saturated heterocycles. The van der Waals surface area contributed by atoms with Crippen molar-refractivity contribution in [1.29, 1.82) is 0 Å². The number of amides is 1. The first-order valence-electron chi connectivity index (χ1n) is 15.4. The molecule has 0 bridgehead atoms. The molecule has 1 amide bonds. The quantitative estimate of drug-likeness (QED) is 0.256. The number of carbonyl (C=O) groups is 2. The fourth-order valence-corrected chi connectivity index (χ4v) is 5.47. The van der Waals surface area contributed by atoms with Gasteiger partial charge in [-0.05, 0) is 64.3 Å². The van der Waals surface area contributed by atoms with Crippen molar-refractivity contribution in [3.63, 3.8) is 0 Å². The molecule has 5 heterocycles. The summed E-state index contributed by atoms with van der Waals surface area (Å²) < 4.78 is 23.8. The van der Waals surface area contributed by atoms with E-state index in [1.54, 1.807) is 40.9 Å². The van der Waals surface area contributed by atoms with Crippen molar-refractivity contribution in [3.05, 3.63) is 64.3 Å². The van der Waals surface area contributed by atoms with Gasteiger partial charge in [-0.3, -0.25) is 19.7 Å². The summed E-state index contributed by atoms with van der Waals surface area (Å²) in [6, 6.07) is 6.89. The number of rotatable bonds is 9. The van der Waals surface area contributed by atoms with Gasteiger partial charge in [-0.25, -0.2) is 9.59 Å². The zero-order valence-electron chi connectivity index (χ0n) is 26.4. The van der Waals surface area contributed by atoms with Crippen LogP contribution in [0.1, 0.15) is 51.8 Å². The first-order chi connectivity index (χ1) is 21.6. The molecule has 0 saturated carbocycles. The van der Waals surface area contributed by atoms with Crippen molar-refractivity contribution < 1.29 is 28.5 Å². The van der Waals surface area contributed by atoms with E-state index >= 15 is 0 Å². The summed E-state index contributed by atoms with van der Waals surface area (Å²) in [6.45, 7) is 11.5. The van der Waals surface area contributed by atoms with Crippen molar-refractivity contribution >= 4 is 29.2 Å². The molecule has 12 nitrogen and oxygen atoms in total. The Morgan fingerprint density at radius 2 is 1.80 bits per heavy atom. The van der Waals surface area contributed by atoms with Gasteiger partial charge in [0.15, 0.2) is 11.5 Å². The highest BCUT2D eigenvalue weighted by Crippen LogP contribution is 2.30. The van der Waals surface area contributed by atoms with Crippen LogP contribution < -0.4 is 15.0 Å². The molecule has 5 rings (SSSR count). The molecule has 0 N–H and O–H groups in total. The second-order valence-electron chi connectivity index (χ2n) is 12.1. The van der Waals surface area contributed by atoms with Crippen LogP contribution >= 0.6 is 0 Å². The number of carbonyl (C=O) groups excluding carboxylic acids is 2. The lowest BCUT2D eigenvalue weighted by atomic mass is 10.0. The summed E-state index contributed by atoms with van der Waals surface area (Å²) in [6.07, 6.45) is 7.41. The van der Waals surface area contributed by atoms with Gasteiger partial charge >= 0.3 is 12.1 Å². The van der Waals surface area contributed by atoms with Gasteiger partial charge in [0.05, 0.1) is 36.1 Å². The van der Waals surface area contributed by atoms with Gasteiger partial charge < -0.3 is 28.4 Å². The van der Waals surface area contributed by atoms with E-state index < -0.39 is 11.6 Å². The lowest BCUT2D eigenvalue weighted by Crippen LogP contribution is -2.49. The summed E-state index contributed by atoms with van der Waals surface area (Å²) in [4.78, 5) is 51.1. The first kappa shape index (κ1) is 32.0. The highest BCUT2D eigenvalue weighted by molar-refractivity contribution is 5.88. The maximum Gasteiger partial charge on any atom is 0.410 e. The van der Waals surface area contributed by atoms with Crippen molar-refractivity contribution in [2.75, 3.05) is 39.5 Å². The number of esters is 1. The smallest absolute Gasteiger partial charge is 0.410 e. The van der Waals surface area contributed by atoms with Crippen molar-refractivity contribution in [1.82, 2.24) is 24.3 Å². The van der Waals surface area contributed by atoms with E-state index in [0.717, 1.165) is 25.9 Å². The normalized spacial score (nSPS) is 15.7. The van der Waals surface area contributed by atoms with Gasteiger partial charge in [0.25, 0.3) is 5.56 Å². The predicted octanol–water partition coefficient (Wildman–Crippen LogP) is 4.04. The fraction of sp³-hybridized carbons (Fsp3) is 0.485. The molecule has 3 aromatic rings. The molecule has 3 aromatic heterocycles. The van der Waals surface area contributed by atoms with Crippen LogP contribution in [0.3, 0.4) is 0 Å². The Morgan fingerprint density at radius 3 is 2.53 bits per heavy atom. The summed E-state index contributed by atoms with van der Waals surface area (Å²) in [5.41, 5.74) is 2.05. The Balaban J connectivity index is 1.25. The zero-order valence-corrected chi connectivity index (χ0v) is 26.4. The summed E-state index contributed by atoms with van der Waals surface area (Å²) in [5.74, 6) is 0.804. The van der Waals surface area contributed by atoms with E-state index in [0.29, 0.717) is 73.2 Å². The van der Waals surface area contributed by atoms with Crippen LogP contribution in [0, 0.1) is 0 Å². The van der Waals surface area contributed by atoms with Crippen LogP contribution in [0.4, 0.5) is 4.79 Å². The number of fused-ring (bicyclic) bond motifs is 2. The zero-order chi connectivity index (χ0) is 32.0. The van der Waals surface area contributed by atoms with Crippen molar-refractivity contribution in [3.8, 4) is 11.5 Å². The van der Waals surface area contributed by atoms with Crippen LogP contribution in [0.15, 0.2) is 47.5 Å². The summed E-state index contributed by atoms with van der Waals surface area (Å²) >= 11 is 0. The first-order valence-corrected chi connectivity index (χ1v) is 15.4. The van der Waals surface area contributed by atoms with Gasteiger partial charge in [0, 0.05) is 56.6 Å². The van der Waals surface area contributed by atoms with Gasteiger partial charge in [0.2, 0.25) is 0 Å². The van der Waals surface area contributed by atoms with Crippen LogP contribution in [0.25, 0.3) is 17.1 Å². The number of aromatic nitrogens is 3. The molecular weight excluding hydrogens is 578 g/mol. The molecule has 45 heavy (non-hydrogen) atoms. The molecule has 0 aliphatic carbocycles. The average Bonchev–Trinajstić information content (AvgIpc) is 3.01. The number of hydrogen-bond donors (Lipinski definition) is 0. The van der Waals surface area contributed by atoms with Crippen LogP contribution in [0.5, 0.6) is 11.5 Å². The van der Waals surface area contributed by atoms with E-state index in [1.807, 2.05) is 32.9 Å². The molecule has 0 spiro atoms. The molecular formula is C33H41N5O7. The second-order valence-corrected chi connectivity index (χ2v) is 12.1. The van der Waals surface area contributed by atoms with Crippen LogP contribution in [0.2, 0.25) is 0 Å². The Hall–Kier alpha value is -4.45. The Morgan fingerprint density at radius 1 is 1.04 bits per heavy atom. The minimum absolute atomic E-state index is 0.0377. The monoisotopic (exact) mass is 619 g/mol. The second kappa shape index (κ2) is 14.1. The largest absolute Gasteiger partial charge is 0.486 e. The SMILES string of the molecule is CCOC(=O)/C=C/c1cnc2ccc(=O)n(CCN3CCC(N(Cc4cc5c(cn4)OCCO5)C(=O)OC(C)(C)C)CC3)c2c1. The molecule has 2 aliphatic heterocycles. The van der Waals surface area contributed by atoms with Crippen LogP contribution in [-0.4, -0.2) is 87.5 Å². The Labute approximate surface area is 262 Å². The number of likely N-dealkylation sites (tertiary alicyclic amines) is 1. The van der Waals surface area contributed by atoms with Crippen molar-refractivity contribution in [2.24, 2.45) is 0 Å². The number of piperidine rings is 1. The average molecular weight is 620 g/mol. The summed E-state index contributed by atoms with van der Waals surface area (Å²) in [7, 11) is 0. The standard InChI is InChI=1S/C33H41N5O7/c1-5-42-31(40)9-6-23-18-27-26(35-20-23)7-8-30(39)37(27)15-14-36-12-10-25(11-13-36)38(32(41)45-33(2,3)4)22-24-19-28-29(21-34-24)44-17-16-43-28/h6-9,18-21,25H,5,10-17,22H2,1-4H3/b9-6+. The molecule has 2 aliphatic rings. The lowest BCUT2D eigenvalue weighted by Gasteiger charge is -2.39. The third-order valence-electron chi connectivity index (χ3n) is 7.64. The van der Waals surface area contributed by atoms with Gasteiger partial charge in [0.1, 0.15) is 18.8 Å². The maximum absolute atomic E-state index is 13.4. The van der Waals surface area contributed by atoms with E-state index in [-0.39, 0.29) is 17.7 Å². The van der Waals surface area contributed by atoms with Gasteiger partial charge in [-0.2, -0.15) is 0 Å². The van der Waals surface area contributed by atoms with E-state index in [1.165, 1.54) is 12.1 Å². The molecule has 12 heteroatoms. The van der Waals surface area contributed by atoms with Gasteiger partial charge in [-0.1, -0.05) is 0 Å². The highest BCUT2D eigenvalue weighted by Gasteiger charge is 2.32. The van der Waals surface area contributed by atoms with Gasteiger partial charge in [-0.15, -0.1) is 0 Å². The summed E-state index contributed by atoms with van der Waals surface area (Å²) in [5, 5.41) is 0. The van der Waals surface area contributed by atoms with E-state index in [2.05, 4.69) is 14.9 Å². The Bertz CT molecular complexity index is 1610. The van der Waals surface area contributed by atoms with Crippen LogP contribution in [-0.2, 0) is 27.4 Å². The van der Waals surface area contributed by atoms with E-state index in [9.17, 15) is 14.4 Å². The van der Waals surface area contributed by atoms with E-state index in [4.69, 9.17) is 18.9 Å². The molecule has 0 unspecified atom stereocenters. The molecule has 0 atom stereocenters. The third-order valence-corrected chi connectivity index (χ3v) is 7.64. The minimum Gasteiger partial charge on any atom is -0.486 e. The van der Waals surface area contributed by atoms with Crippen molar-refractivity contribution in [2.45, 2.75) is 65.3 Å².